The van der Waals surface area contributed by atoms with E-state index >= 15 is 0 Å². The van der Waals surface area contributed by atoms with Gasteiger partial charge in [0.25, 0.3) is 11.5 Å². The van der Waals surface area contributed by atoms with Crippen LogP contribution in [0.1, 0.15) is 21.9 Å². The third kappa shape index (κ3) is 4.20. The van der Waals surface area contributed by atoms with Gasteiger partial charge in [0, 0.05) is 29.2 Å². The number of nitrogens with one attached hydrogen (secondary N) is 1. The summed E-state index contributed by atoms with van der Waals surface area (Å²) in [5.41, 5.74) is 2.89. The van der Waals surface area contributed by atoms with Crippen LogP contribution in [-0.2, 0) is 6.54 Å². The molecule has 0 atom stereocenters. The second-order valence-electron chi connectivity index (χ2n) is 6.75. The van der Waals surface area contributed by atoms with Gasteiger partial charge in [-0.3, -0.25) is 9.59 Å². The summed E-state index contributed by atoms with van der Waals surface area (Å²) in [6, 6.07) is 14.7. The topological polar surface area (TPSA) is 94.7 Å². The Hall–Kier alpha value is -3.59. The fraction of sp³-hybridized carbons (Fsp3) is 0.190. The molecule has 0 aliphatic carbocycles. The lowest BCUT2D eigenvalue weighted by molar-refractivity contribution is 0.0947. The molecule has 4 aromatic rings. The maximum atomic E-state index is 12.4. The van der Waals surface area contributed by atoms with Gasteiger partial charge in [-0.2, -0.15) is 5.10 Å². The number of amides is 1. The van der Waals surface area contributed by atoms with Crippen LogP contribution in [0.15, 0.2) is 58.7 Å². The van der Waals surface area contributed by atoms with Crippen molar-refractivity contribution in [3.63, 3.8) is 0 Å². The number of hydrogen-bond acceptors (Lipinski definition) is 6. The molecule has 1 amide bonds. The number of carbonyl (C=O) groups excluding carboxylic acids is 1. The number of aromatic nitrogens is 5. The second kappa shape index (κ2) is 8.42. The Morgan fingerprint density at radius 2 is 1.90 bits per heavy atom. The van der Waals surface area contributed by atoms with Gasteiger partial charge in [-0.15, -0.1) is 16.4 Å². The number of benzene rings is 1. The number of carbonyl (C=O) groups is 1. The summed E-state index contributed by atoms with van der Waals surface area (Å²) in [6.45, 7) is 4.32. The maximum Gasteiger partial charge on any atom is 0.270 e. The molecule has 0 radical (unpaired) electrons. The van der Waals surface area contributed by atoms with Gasteiger partial charge >= 0.3 is 0 Å². The number of hydrogen-bond donors (Lipinski definition) is 1. The van der Waals surface area contributed by atoms with Crippen molar-refractivity contribution in [3.8, 4) is 16.4 Å². The average Bonchev–Trinajstić information content (AvgIpc) is 3.36. The van der Waals surface area contributed by atoms with Gasteiger partial charge in [0.05, 0.1) is 12.2 Å². The Kier molecular flexibility index (Phi) is 5.53. The SMILES string of the molecule is Cc1cc(C)n(-c2ccc(=O)n(CCNC(=O)c3csc(-c4ccccc4)n3)n2)n1. The van der Waals surface area contributed by atoms with Crippen molar-refractivity contribution < 1.29 is 4.79 Å². The van der Waals surface area contributed by atoms with E-state index in [2.05, 4.69) is 20.5 Å². The van der Waals surface area contributed by atoms with Crippen LogP contribution in [0, 0.1) is 13.8 Å². The van der Waals surface area contributed by atoms with Gasteiger partial charge in [0.1, 0.15) is 10.7 Å². The minimum atomic E-state index is -0.281. The Morgan fingerprint density at radius 1 is 1.10 bits per heavy atom. The molecule has 1 aromatic carbocycles. The van der Waals surface area contributed by atoms with Crippen LogP contribution in [0.3, 0.4) is 0 Å². The Balaban J connectivity index is 1.41. The van der Waals surface area contributed by atoms with E-state index in [1.807, 2.05) is 50.2 Å². The molecule has 0 aliphatic rings. The van der Waals surface area contributed by atoms with E-state index in [0.29, 0.717) is 11.5 Å². The lowest BCUT2D eigenvalue weighted by Gasteiger charge is -2.08. The molecular formula is C21H20N6O2S. The molecule has 0 bridgehead atoms. The van der Waals surface area contributed by atoms with E-state index in [0.717, 1.165) is 22.0 Å². The van der Waals surface area contributed by atoms with E-state index in [-0.39, 0.29) is 24.6 Å². The minimum Gasteiger partial charge on any atom is -0.349 e. The van der Waals surface area contributed by atoms with Gasteiger partial charge in [-0.05, 0) is 26.0 Å². The highest BCUT2D eigenvalue weighted by Crippen LogP contribution is 2.23. The molecule has 9 heteroatoms. The first-order valence-electron chi connectivity index (χ1n) is 9.42. The largest absolute Gasteiger partial charge is 0.349 e. The molecule has 0 unspecified atom stereocenters. The number of thiazole rings is 1. The third-order valence-electron chi connectivity index (χ3n) is 4.45. The normalized spacial score (nSPS) is 10.9. The van der Waals surface area contributed by atoms with Gasteiger partial charge in [-0.1, -0.05) is 30.3 Å². The number of nitrogens with zero attached hydrogens (tertiary/aromatic N) is 5. The summed E-state index contributed by atoms with van der Waals surface area (Å²) >= 11 is 1.42. The van der Waals surface area contributed by atoms with Crippen LogP contribution < -0.4 is 10.9 Å². The molecule has 4 rings (SSSR count). The molecule has 3 heterocycles. The average molecular weight is 420 g/mol. The Bertz CT molecular complexity index is 1240. The smallest absolute Gasteiger partial charge is 0.270 e. The summed E-state index contributed by atoms with van der Waals surface area (Å²) in [5.74, 6) is 0.273. The highest BCUT2D eigenvalue weighted by molar-refractivity contribution is 7.13. The zero-order valence-electron chi connectivity index (χ0n) is 16.6. The van der Waals surface area contributed by atoms with E-state index < -0.39 is 0 Å². The van der Waals surface area contributed by atoms with Gasteiger partial charge in [0.15, 0.2) is 5.82 Å². The lowest BCUT2D eigenvalue weighted by Crippen LogP contribution is -2.32. The van der Waals surface area contributed by atoms with Gasteiger partial charge in [0.2, 0.25) is 0 Å². The van der Waals surface area contributed by atoms with Gasteiger partial charge < -0.3 is 5.32 Å². The van der Waals surface area contributed by atoms with Crippen LogP contribution >= 0.6 is 11.3 Å². The highest BCUT2D eigenvalue weighted by Gasteiger charge is 2.12. The summed E-state index contributed by atoms with van der Waals surface area (Å²) in [5, 5.41) is 14.1. The maximum absolute atomic E-state index is 12.4. The van der Waals surface area contributed by atoms with E-state index in [4.69, 9.17) is 0 Å². The Morgan fingerprint density at radius 3 is 2.63 bits per heavy atom. The second-order valence-corrected chi connectivity index (χ2v) is 7.61. The molecule has 3 aromatic heterocycles. The van der Waals surface area contributed by atoms with Crippen molar-refractivity contribution in [2.24, 2.45) is 0 Å². The van der Waals surface area contributed by atoms with Crippen molar-refractivity contribution >= 4 is 17.2 Å². The first kappa shape index (κ1) is 19.7. The van der Waals surface area contributed by atoms with Crippen LogP contribution in [0.4, 0.5) is 0 Å². The van der Waals surface area contributed by atoms with E-state index in [9.17, 15) is 9.59 Å². The van der Waals surface area contributed by atoms with Crippen LogP contribution in [0.2, 0.25) is 0 Å². The fourth-order valence-corrected chi connectivity index (χ4v) is 3.84. The molecule has 1 N–H and O–H groups in total. The van der Waals surface area contributed by atoms with Crippen LogP contribution in [0.25, 0.3) is 16.4 Å². The van der Waals surface area contributed by atoms with Crippen molar-refractivity contribution in [1.29, 1.82) is 0 Å². The molecule has 0 saturated heterocycles. The zero-order valence-corrected chi connectivity index (χ0v) is 17.4. The minimum absolute atomic E-state index is 0.241. The van der Waals surface area contributed by atoms with Crippen LogP contribution in [-0.4, -0.2) is 37.0 Å². The number of rotatable bonds is 6. The first-order valence-corrected chi connectivity index (χ1v) is 10.3. The molecule has 30 heavy (non-hydrogen) atoms. The summed E-state index contributed by atoms with van der Waals surface area (Å²) in [6.07, 6.45) is 0. The molecule has 0 aliphatic heterocycles. The first-order chi connectivity index (χ1) is 14.5. The van der Waals surface area contributed by atoms with E-state index in [1.165, 1.54) is 22.1 Å². The Labute approximate surface area is 176 Å². The molecule has 0 saturated carbocycles. The molecule has 152 valence electrons. The monoisotopic (exact) mass is 420 g/mol. The molecule has 8 nitrogen and oxygen atoms in total. The predicted molar refractivity (Wildman–Crippen MR) is 115 cm³/mol. The van der Waals surface area contributed by atoms with Crippen molar-refractivity contribution in [2.75, 3.05) is 6.54 Å². The standard InChI is InChI=1S/C21H20N6O2S/c1-14-12-15(2)27(24-14)18-8-9-19(28)26(25-18)11-10-22-20(29)17-13-30-21(23-17)16-6-4-3-5-7-16/h3-9,12-13H,10-11H2,1-2H3,(H,22,29). The highest BCUT2D eigenvalue weighted by atomic mass is 32.1. The van der Waals surface area contributed by atoms with Crippen molar-refractivity contribution in [3.05, 3.63) is 81.3 Å². The van der Waals surface area contributed by atoms with Crippen molar-refractivity contribution in [1.82, 2.24) is 29.9 Å². The summed E-state index contributed by atoms with van der Waals surface area (Å²) in [7, 11) is 0. The van der Waals surface area contributed by atoms with Gasteiger partial charge in [-0.25, -0.2) is 14.3 Å². The van der Waals surface area contributed by atoms with E-state index in [1.54, 1.807) is 16.1 Å². The lowest BCUT2D eigenvalue weighted by atomic mass is 10.2. The number of aryl methyl sites for hydroxylation is 2. The van der Waals surface area contributed by atoms with Crippen molar-refractivity contribution in [2.45, 2.75) is 20.4 Å². The third-order valence-corrected chi connectivity index (χ3v) is 5.34. The fourth-order valence-electron chi connectivity index (χ4n) is 3.03. The molecule has 0 spiro atoms. The van der Waals surface area contributed by atoms with Crippen LogP contribution in [0.5, 0.6) is 0 Å². The summed E-state index contributed by atoms with van der Waals surface area (Å²) in [4.78, 5) is 29.0. The quantitative estimate of drug-likeness (QED) is 0.517. The predicted octanol–water partition coefficient (Wildman–Crippen LogP) is 2.60. The molecular weight excluding hydrogens is 400 g/mol. The summed E-state index contributed by atoms with van der Waals surface area (Å²) < 4.78 is 3.01. The molecule has 0 fully saturated rings. The zero-order chi connectivity index (χ0) is 21.1.